The van der Waals surface area contributed by atoms with E-state index in [2.05, 4.69) is 32.3 Å². The zero-order valence-corrected chi connectivity index (χ0v) is 10.9. The van der Waals surface area contributed by atoms with Gasteiger partial charge in [-0.15, -0.1) is 0 Å². The van der Waals surface area contributed by atoms with E-state index in [1.807, 2.05) is 6.92 Å². The van der Waals surface area contributed by atoms with Crippen LogP contribution in [-0.2, 0) is 4.74 Å². The number of hydrogen-bond donors (Lipinski definition) is 0. The standard InChI is InChI=1S/C8H8O.C6H7NO3/c1-2-9-8-5-6-3-4-7(6)8;1-2-9-6(8)5-7-3-4-10-5/h3-5H,2H2,1H3;3-4H,2H2,1H3. The Kier molecular flexibility index (Phi) is 4.18. The molecular formula is C14H15NO4. The Morgan fingerprint density at radius 1 is 1.32 bits per heavy atom. The van der Waals surface area contributed by atoms with Crippen LogP contribution in [0.5, 0.6) is 5.75 Å². The highest BCUT2D eigenvalue weighted by Gasteiger charge is 2.16. The molecule has 1 aromatic rings. The molecule has 2 aliphatic rings. The molecule has 3 rings (SSSR count). The van der Waals surface area contributed by atoms with Crippen molar-refractivity contribution in [2.45, 2.75) is 13.8 Å². The first-order chi connectivity index (χ1) is 9.26. The SMILES string of the molecule is CCOC(=O)c1ncco1.CCOc1cc2ccc1-2. The summed E-state index contributed by atoms with van der Waals surface area (Å²) >= 11 is 0. The number of rotatable bonds is 4. The molecule has 0 bridgehead atoms. The lowest BCUT2D eigenvalue weighted by atomic mass is 9.92. The second kappa shape index (κ2) is 6.04. The molecule has 0 unspecified atom stereocenters. The van der Waals surface area contributed by atoms with Crippen LogP contribution in [0.2, 0.25) is 0 Å². The van der Waals surface area contributed by atoms with E-state index in [4.69, 9.17) is 4.74 Å². The number of hydrogen-bond acceptors (Lipinski definition) is 5. The van der Waals surface area contributed by atoms with Crippen molar-refractivity contribution in [1.82, 2.24) is 4.98 Å². The Hall–Kier alpha value is -2.30. The fourth-order valence-electron chi connectivity index (χ4n) is 1.55. The third-order valence-corrected chi connectivity index (χ3v) is 2.47. The lowest BCUT2D eigenvalue weighted by Gasteiger charge is -2.19. The van der Waals surface area contributed by atoms with Crippen LogP contribution in [0.15, 0.2) is 35.1 Å². The van der Waals surface area contributed by atoms with Gasteiger partial charge >= 0.3 is 11.9 Å². The third kappa shape index (κ3) is 2.93. The van der Waals surface area contributed by atoms with E-state index < -0.39 is 5.97 Å². The van der Waals surface area contributed by atoms with Crippen molar-refractivity contribution in [3.05, 3.63) is 36.5 Å². The van der Waals surface area contributed by atoms with Gasteiger partial charge in [-0.1, -0.05) is 12.1 Å². The third-order valence-electron chi connectivity index (χ3n) is 2.47. The average molecular weight is 261 g/mol. The minimum Gasteiger partial charge on any atom is -0.493 e. The van der Waals surface area contributed by atoms with Crippen molar-refractivity contribution in [1.29, 1.82) is 0 Å². The highest BCUT2D eigenvalue weighted by molar-refractivity contribution is 5.84. The van der Waals surface area contributed by atoms with Crippen molar-refractivity contribution in [2.24, 2.45) is 0 Å². The van der Waals surface area contributed by atoms with E-state index in [-0.39, 0.29) is 5.89 Å². The molecule has 5 nitrogen and oxygen atoms in total. The van der Waals surface area contributed by atoms with Crippen LogP contribution in [0.4, 0.5) is 0 Å². The summed E-state index contributed by atoms with van der Waals surface area (Å²) in [6.07, 6.45) is 2.72. The van der Waals surface area contributed by atoms with Crippen molar-refractivity contribution >= 4 is 5.97 Å². The van der Waals surface area contributed by atoms with Gasteiger partial charge in [-0.05, 0) is 25.5 Å². The van der Waals surface area contributed by atoms with Crippen LogP contribution in [-0.4, -0.2) is 24.2 Å². The van der Waals surface area contributed by atoms with E-state index in [9.17, 15) is 4.79 Å². The number of ether oxygens (including phenoxy) is 2. The summed E-state index contributed by atoms with van der Waals surface area (Å²) in [7, 11) is 0. The maximum atomic E-state index is 10.7. The first-order valence-electron chi connectivity index (χ1n) is 6.10. The normalized spacial score (nSPS) is 10.2. The molecule has 0 aliphatic heterocycles. The average Bonchev–Trinajstić information content (AvgIpc) is 2.90. The van der Waals surface area contributed by atoms with Crippen LogP contribution >= 0.6 is 0 Å². The molecule has 0 N–H and O–H groups in total. The fraction of sp³-hybridized carbons (Fsp3) is 0.286. The minimum atomic E-state index is -0.521. The number of carbonyl (C=O) groups excluding carboxylic acids is 1. The second-order valence-electron chi connectivity index (χ2n) is 3.70. The molecule has 19 heavy (non-hydrogen) atoms. The lowest BCUT2D eigenvalue weighted by Crippen LogP contribution is -2.04. The molecule has 0 fully saturated rings. The highest BCUT2D eigenvalue weighted by Crippen LogP contribution is 2.42. The number of benzene rings is 1. The molecule has 5 heteroatoms. The predicted octanol–water partition coefficient (Wildman–Crippen LogP) is 2.92. The maximum Gasteiger partial charge on any atom is 0.394 e. The summed E-state index contributed by atoms with van der Waals surface area (Å²) in [6.45, 7) is 4.83. The summed E-state index contributed by atoms with van der Waals surface area (Å²) in [5.74, 6) is 0.546. The van der Waals surface area contributed by atoms with Gasteiger partial charge < -0.3 is 13.9 Å². The number of fused-ring (bicyclic) bond motifs is 1. The summed E-state index contributed by atoms with van der Waals surface area (Å²) in [5.41, 5.74) is 2.65. The van der Waals surface area contributed by atoms with Crippen LogP contribution in [0.1, 0.15) is 24.5 Å². The fourth-order valence-corrected chi connectivity index (χ4v) is 1.55. The number of carbonyl (C=O) groups is 1. The first kappa shape index (κ1) is 13.1. The van der Waals surface area contributed by atoms with Crippen LogP contribution in [0.25, 0.3) is 11.1 Å². The van der Waals surface area contributed by atoms with Gasteiger partial charge in [0.15, 0.2) is 0 Å². The molecule has 0 saturated heterocycles. The van der Waals surface area contributed by atoms with E-state index in [0.717, 1.165) is 12.4 Å². The number of nitrogens with zero attached hydrogens (tertiary/aromatic N) is 1. The van der Waals surface area contributed by atoms with Gasteiger partial charge in [0.1, 0.15) is 12.0 Å². The molecule has 0 saturated carbocycles. The highest BCUT2D eigenvalue weighted by atomic mass is 16.5. The Bertz CT molecular complexity index is 549. The second-order valence-corrected chi connectivity index (χ2v) is 3.70. The number of aromatic nitrogens is 1. The van der Waals surface area contributed by atoms with E-state index in [1.165, 1.54) is 23.6 Å². The minimum absolute atomic E-state index is 0.00171. The van der Waals surface area contributed by atoms with E-state index in [1.54, 1.807) is 6.92 Å². The lowest BCUT2D eigenvalue weighted by molar-refractivity contribution is 0.0481. The molecule has 1 heterocycles. The van der Waals surface area contributed by atoms with Crippen molar-refractivity contribution in [2.75, 3.05) is 13.2 Å². The Morgan fingerprint density at radius 2 is 2.16 bits per heavy atom. The molecule has 2 aliphatic carbocycles. The molecule has 0 aromatic carbocycles. The molecule has 100 valence electrons. The zero-order valence-electron chi connectivity index (χ0n) is 10.9. The molecule has 0 amide bonds. The summed E-state index contributed by atoms with van der Waals surface area (Å²) in [4.78, 5) is 14.3. The van der Waals surface area contributed by atoms with E-state index in [0.29, 0.717) is 6.61 Å². The van der Waals surface area contributed by atoms with Crippen LogP contribution in [0, 0.1) is 0 Å². The van der Waals surface area contributed by atoms with Gasteiger partial charge in [-0.2, -0.15) is 0 Å². The van der Waals surface area contributed by atoms with Crippen molar-refractivity contribution in [3.8, 4) is 16.9 Å². The molecule has 1 aromatic heterocycles. The van der Waals surface area contributed by atoms with Gasteiger partial charge in [-0.3, -0.25) is 0 Å². The molecule has 0 atom stereocenters. The monoisotopic (exact) mass is 261 g/mol. The Balaban J connectivity index is 0.000000141. The number of esters is 1. The van der Waals surface area contributed by atoms with Gasteiger partial charge in [-0.25, -0.2) is 9.78 Å². The van der Waals surface area contributed by atoms with Crippen molar-refractivity contribution < 1.29 is 18.7 Å². The molecule has 0 spiro atoms. The van der Waals surface area contributed by atoms with Gasteiger partial charge in [0.05, 0.1) is 19.4 Å². The Morgan fingerprint density at radius 3 is 2.58 bits per heavy atom. The number of oxazole rings is 1. The zero-order chi connectivity index (χ0) is 13.7. The van der Waals surface area contributed by atoms with Crippen LogP contribution in [0.3, 0.4) is 0 Å². The predicted molar refractivity (Wildman–Crippen MR) is 69.1 cm³/mol. The van der Waals surface area contributed by atoms with Crippen molar-refractivity contribution in [3.63, 3.8) is 0 Å². The van der Waals surface area contributed by atoms with E-state index >= 15 is 0 Å². The molecule has 0 radical (unpaired) electrons. The topological polar surface area (TPSA) is 61.6 Å². The summed E-state index contributed by atoms with van der Waals surface area (Å²) in [5, 5.41) is 0. The Labute approximate surface area is 111 Å². The summed E-state index contributed by atoms with van der Waals surface area (Å²) < 4.78 is 14.5. The molecular weight excluding hydrogens is 246 g/mol. The largest absolute Gasteiger partial charge is 0.493 e. The van der Waals surface area contributed by atoms with Gasteiger partial charge in [0, 0.05) is 5.56 Å². The smallest absolute Gasteiger partial charge is 0.394 e. The summed E-state index contributed by atoms with van der Waals surface area (Å²) in [6, 6.07) is 6.25. The van der Waals surface area contributed by atoms with Crippen LogP contribution < -0.4 is 4.74 Å². The van der Waals surface area contributed by atoms with Gasteiger partial charge in [0.25, 0.3) is 0 Å². The quantitative estimate of drug-likeness (QED) is 0.676. The first-order valence-corrected chi connectivity index (χ1v) is 6.10. The maximum absolute atomic E-state index is 10.7. The van der Waals surface area contributed by atoms with Gasteiger partial charge in [0.2, 0.25) is 0 Å².